The Balaban J connectivity index is 3.54. The fourth-order valence-corrected chi connectivity index (χ4v) is 0.694. The van der Waals surface area contributed by atoms with Gasteiger partial charge in [0.25, 0.3) is 0 Å². The predicted octanol–water partition coefficient (Wildman–Crippen LogP) is -1.79. The van der Waals surface area contributed by atoms with Crippen molar-refractivity contribution in [3.05, 3.63) is 0 Å². The molecule has 11 heavy (non-hydrogen) atoms. The van der Waals surface area contributed by atoms with Crippen molar-refractivity contribution in [3.63, 3.8) is 0 Å². The van der Waals surface area contributed by atoms with Gasteiger partial charge in [0.2, 0.25) is 5.91 Å². The Morgan fingerprint density at radius 3 is 2.36 bits per heavy atom. The normalized spacial score (nSPS) is 10.2. The number of nitrogens with one attached hydrogen (secondary N) is 3. The van der Waals surface area contributed by atoms with Gasteiger partial charge < -0.3 is 21.1 Å². The van der Waals surface area contributed by atoms with E-state index in [1.54, 1.807) is 14.1 Å². The molecule has 0 radical (unpaired) electrons. The minimum atomic E-state index is -0.307. The largest absolute Gasteiger partial charge is 0.377 e. The van der Waals surface area contributed by atoms with Crippen LogP contribution < -0.4 is 16.0 Å². The maximum absolute atomic E-state index is 10.8. The molecule has 0 spiro atoms. The molecule has 5 nitrogen and oxygen atoms in total. The van der Waals surface area contributed by atoms with Crippen molar-refractivity contribution in [2.75, 3.05) is 20.8 Å². The Morgan fingerprint density at radius 2 is 2.00 bits per heavy atom. The third-order valence-electron chi connectivity index (χ3n) is 1.36. The highest BCUT2D eigenvalue weighted by molar-refractivity contribution is 5.76. The van der Waals surface area contributed by atoms with Crippen LogP contribution in [0.2, 0.25) is 0 Å². The van der Waals surface area contributed by atoms with E-state index in [1.807, 2.05) is 0 Å². The van der Waals surface area contributed by atoms with Gasteiger partial charge in [0.1, 0.15) is 6.73 Å². The predicted molar refractivity (Wildman–Crippen MR) is 41.8 cm³/mol. The van der Waals surface area contributed by atoms with E-state index < -0.39 is 0 Å². The molecule has 0 fully saturated rings. The maximum atomic E-state index is 10.8. The molecule has 0 rings (SSSR count). The van der Waals surface area contributed by atoms with Crippen LogP contribution in [0.15, 0.2) is 0 Å². The second kappa shape index (κ2) is 6.09. The van der Waals surface area contributed by atoms with Crippen molar-refractivity contribution >= 4 is 5.91 Å². The van der Waals surface area contributed by atoms with Crippen molar-refractivity contribution in [1.82, 2.24) is 16.0 Å². The Bertz CT molecular complexity index is 114. The molecule has 4 N–H and O–H groups in total. The minimum Gasteiger partial charge on any atom is -0.377 e. The van der Waals surface area contributed by atoms with Crippen LogP contribution in [-0.4, -0.2) is 38.0 Å². The first-order valence-electron chi connectivity index (χ1n) is 3.46. The zero-order valence-corrected chi connectivity index (χ0v) is 6.85. The van der Waals surface area contributed by atoms with Crippen LogP contribution in [0.3, 0.4) is 0 Å². The zero-order valence-electron chi connectivity index (χ0n) is 6.85. The Labute approximate surface area is 66.2 Å². The number of carbonyl (C=O) groups excluding carboxylic acids is 1. The summed E-state index contributed by atoms with van der Waals surface area (Å²) in [5.74, 6) is -0.179. The summed E-state index contributed by atoms with van der Waals surface area (Å²) in [7, 11) is 3.51. The maximum Gasteiger partial charge on any atom is 0.224 e. The molecule has 0 aliphatic rings. The third kappa shape index (κ3) is 4.72. The highest BCUT2D eigenvalue weighted by Gasteiger charge is 2.07. The lowest BCUT2D eigenvalue weighted by molar-refractivity contribution is -0.122. The van der Waals surface area contributed by atoms with Crippen LogP contribution in [0.25, 0.3) is 0 Å². The van der Waals surface area contributed by atoms with E-state index in [9.17, 15) is 4.79 Å². The number of hydrogen-bond acceptors (Lipinski definition) is 4. The minimum absolute atomic E-state index is 0.0402. The molecule has 0 aromatic heterocycles. The molecule has 0 atom stereocenters. The zero-order chi connectivity index (χ0) is 8.69. The summed E-state index contributed by atoms with van der Waals surface area (Å²) in [5, 5.41) is 16.4. The number of amides is 1. The molecule has 0 aliphatic heterocycles. The summed E-state index contributed by atoms with van der Waals surface area (Å²) in [6, 6.07) is 0. The van der Waals surface area contributed by atoms with Gasteiger partial charge in [-0.1, -0.05) is 0 Å². The quantitative estimate of drug-likeness (QED) is 0.359. The Kier molecular flexibility index (Phi) is 5.73. The van der Waals surface area contributed by atoms with E-state index in [-0.39, 0.29) is 18.8 Å². The number of rotatable bonds is 5. The summed E-state index contributed by atoms with van der Waals surface area (Å²) in [6.07, 6.45) is 0.273. The van der Waals surface area contributed by atoms with E-state index in [1.165, 1.54) is 0 Å². The third-order valence-corrected chi connectivity index (χ3v) is 1.36. The number of aliphatic hydroxyl groups excluding tert-OH is 1. The second-order valence-corrected chi connectivity index (χ2v) is 2.09. The lowest BCUT2D eigenvalue weighted by atomic mass is 10.3. The lowest BCUT2D eigenvalue weighted by Crippen LogP contribution is -2.42. The number of hydrogen-bond donors (Lipinski definition) is 4. The topological polar surface area (TPSA) is 73.4 Å². The van der Waals surface area contributed by atoms with Crippen molar-refractivity contribution in [2.24, 2.45) is 0 Å². The fourth-order valence-electron chi connectivity index (χ4n) is 0.694. The van der Waals surface area contributed by atoms with Crippen molar-refractivity contribution in [1.29, 1.82) is 0 Å². The summed E-state index contributed by atoms with van der Waals surface area (Å²) >= 11 is 0. The van der Waals surface area contributed by atoms with Gasteiger partial charge in [0, 0.05) is 0 Å². The smallest absolute Gasteiger partial charge is 0.224 e. The summed E-state index contributed by atoms with van der Waals surface area (Å²) < 4.78 is 0. The molecular formula is C6H15N3O2. The molecule has 0 heterocycles. The molecule has 0 aromatic rings. The molecule has 5 heteroatoms. The molecule has 0 unspecified atom stereocenters. The molecule has 0 aromatic carbocycles. The average Bonchev–Trinajstić information content (AvgIpc) is 2.01. The van der Waals surface area contributed by atoms with E-state index >= 15 is 0 Å². The van der Waals surface area contributed by atoms with Crippen LogP contribution in [0.5, 0.6) is 0 Å². The van der Waals surface area contributed by atoms with Gasteiger partial charge in [-0.05, 0) is 14.1 Å². The highest BCUT2D eigenvalue weighted by Crippen LogP contribution is 1.84. The summed E-state index contributed by atoms with van der Waals surface area (Å²) in [6.45, 7) is -0.307. The standard InChI is InChI=1S/C6H15N3O2/c1-7-5(8-2)3-6(11)9-4-10/h5,7-8,10H,3-4H2,1-2H3,(H,9,11). The summed E-state index contributed by atoms with van der Waals surface area (Å²) in [5.41, 5.74) is 0. The Morgan fingerprint density at radius 1 is 1.45 bits per heavy atom. The van der Waals surface area contributed by atoms with Gasteiger partial charge >= 0.3 is 0 Å². The first-order chi connectivity index (χ1) is 5.24. The van der Waals surface area contributed by atoms with Crippen molar-refractivity contribution in [3.8, 4) is 0 Å². The van der Waals surface area contributed by atoms with E-state index in [4.69, 9.17) is 5.11 Å². The van der Waals surface area contributed by atoms with Crippen LogP contribution in [-0.2, 0) is 4.79 Å². The van der Waals surface area contributed by atoms with Gasteiger partial charge in [0.05, 0.1) is 12.6 Å². The van der Waals surface area contributed by atoms with Crippen molar-refractivity contribution < 1.29 is 9.90 Å². The van der Waals surface area contributed by atoms with Gasteiger partial charge in [-0.15, -0.1) is 0 Å². The molecule has 1 amide bonds. The molecule has 0 bridgehead atoms. The molecular weight excluding hydrogens is 146 g/mol. The van der Waals surface area contributed by atoms with E-state index in [0.717, 1.165) is 0 Å². The average molecular weight is 161 g/mol. The van der Waals surface area contributed by atoms with Gasteiger partial charge in [0.15, 0.2) is 0 Å². The van der Waals surface area contributed by atoms with E-state index in [0.29, 0.717) is 6.42 Å². The van der Waals surface area contributed by atoms with Crippen molar-refractivity contribution in [2.45, 2.75) is 12.6 Å². The van der Waals surface area contributed by atoms with Crippen LogP contribution >= 0.6 is 0 Å². The number of aliphatic hydroxyl groups is 1. The fraction of sp³-hybridized carbons (Fsp3) is 0.833. The van der Waals surface area contributed by atoms with Gasteiger partial charge in [-0.2, -0.15) is 0 Å². The molecule has 0 saturated heterocycles. The Hall–Kier alpha value is -0.650. The number of carbonyl (C=O) groups is 1. The van der Waals surface area contributed by atoms with Crippen LogP contribution in [0.4, 0.5) is 0 Å². The van der Waals surface area contributed by atoms with E-state index in [2.05, 4.69) is 16.0 Å². The summed E-state index contributed by atoms with van der Waals surface area (Å²) in [4.78, 5) is 10.8. The SMILES string of the molecule is CNC(CC(=O)NCO)NC. The van der Waals surface area contributed by atoms with Crippen LogP contribution in [0, 0.1) is 0 Å². The highest BCUT2D eigenvalue weighted by atomic mass is 16.3. The first-order valence-corrected chi connectivity index (χ1v) is 3.46. The molecule has 0 saturated carbocycles. The first kappa shape index (κ1) is 10.3. The lowest BCUT2D eigenvalue weighted by Gasteiger charge is -2.13. The molecule has 66 valence electrons. The second-order valence-electron chi connectivity index (χ2n) is 2.09. The monoisotopic (exact) mass is 161 g/mol. The van der Waals surface area contributed by atoms with Gasteiger partial charge in [-0.25, -0.2) is 0 Å². The van der Waals surface area contributed by atoms with Gasteiger partial charge in [-0.3, -0.25) is 4.79 Å². The molecule has 0 aliphatic carbocycles. The van der Waals surface area contributed by atoms with Crippen LogP contribution in [0.1, 0.15) is 6.42 Å².